The third kappa shape index (κ3) is 1.86. The second-order valence-corrected chi connectivity index (χ2v) is 4.11. The van der Waals surface area contributed by atoms with Gasteiger partial charge >= 0.3 is 0 Å². The Morgan fingerprint density at radius 1 is 1.11 bits per heavy atom. The number of aromatic nitrogens is 4. The first kappa shape index (κ1) is 10.9. The van der Waals surface area contributed by atoms with Crippen molar-refractivity contribution >= 4 is 28.7 Å². The highest BCUT2D eigenvalue weighted by atomic mass is 15.3. The lowest BCUT2D eigenvalue weighted by Gasteiger charge is -2.27. The van der Waals surface area contributed by atoms with Crippen molar-refractivity contribution in [1.82, 2.24) is 25.3 Å². The van der Waals surface area contributed by atoms with E-state index in [1.165, 1.54) is 0 Å². The molecule has 0 aromatic carbocycles. The Hall–Kier alpha value is -2.22. The number of nitrogens with one attached hydrogen (secondary N) is 1. The van der Waals surface area contributed by atoms with Crippen LogP contribution in [0.5, 0.6) is 0 Å². The fourth-order valence-corrected chi connectivity index (χ4v) is 1.96. The minimum absolute atomic E-state index is 0.130. The molecule has 0 aliphatic carbocycles. The van der Waals surface area contributed by atoms with Crippen molar-refractivity contribution in [3.63, 3.8) is 0 Å². The highest BCUT2D eigenvalue weighted by Gasteiger charge is 2.14. The van der Waals surface area contributed by atoms with Crippen molar-refractivity contribution in [2.24, 2.45) is 0 Å². The van der Waals surface area contributed by atoms with Gasteiger partial charge in [-0.2, -0.15) is 15.0 Å². The van der Waals surface area contributed by atoms with Gasteiger partial charge in [0.2, 0.25) is 11.9 Å². The number of nitrogens with zero attached hydrogens (tertiary/aromatic N) is 5. The van der Waals surface area contributed by atoms with E-state index in [0.29, 0.717) is 22.8 Å². The number of rotatable bonds is 1. The lowest BCUT2D eigenvalue weighted by molar-refractivity contribution is 0.580. The van der Waals surface area contributed by atoms with Crippen LogP contribution in [-0.2, 0) is 0 Å². The Labute approximate surface area is 103 Å². The molecule has 1 aliphatic rings. The first-order chi connectivity index (χ1) is 8.74. The van der Waals surface area contributed by atoms with Crippen LogP contribution in [0.4, 0.5) is 17.7 Å². The lowest BCUT2D eigenvalue weighted by Crippen LogP contribution is -2.44. The third-order valence-electron chi connectivity index (χ3n) is 2.89. The van der Waals surface area contributed by atoms with E-state index in [0.717, 1.165) is 26.2 Å². The Kier molecular flexibility index (Phi) is 2.56. The second kappa shape index (κ2) is 4.22. The summed E-state index contributed by atoms with van der Waals surface area (Å²) in [6.45, 7) is 3.61. The molecule has 0 amide bonds. The van der Waals surface area contributed by atoms with Crippen LogP contribution in [0, 0.1) is 0 Å². The first-order valence-electron chi connectivity index (χ1n) is 5.75. The minimum Gasteiger partial charge on any atom is -0.383 e. The van der Waals surface area contributed by atoms with Gasteiger partial charge in [0.1, 0.15) is 5.82 Å². The molecule has 94 valence electrons. The summed E-state index contributed by atoms with van der Waals surface area (Å²) in [5.74, 6) is 1.09. The fraction of sp³-hybridized carbons (Fsp3) is 0.400. The van der Waals surface area contributed by atoms with Gasteiger partial charge in [0, 0.05) is 32.4 Å². The van der Waals surface area contributed by atoms with E-state index < -0.39 is 0 Å². The lowest BCUT2D eigenvalue weighted by atomic mass is 10.3. The SMILES string of the molecule is Nc1nc(N)c2cnc(N3CCNCC3)nc2n1. The maximum Gasteiger partial charge on any atom is 0.227 e. The highest BCUT2D eigenvalue weighted by molar-refractivity contribution is 5.85. The van der Waals surface area contributed by atoms with E-state index in [1.807, 2.05) is 0 Å². The molecule has 8 heteroatoms. The van der Waals surface area contributed by atoms with Gasteiger partial charge in [-0.3, -0.25) is 0 Å². The average molecular weight is 246 g/mol. The van der Waals surface area contributed by atoms with Gasteiger partial charge in [-0.05, 0) is 0 Å². The maximum atomic E-state index is 5.75. The smallest absolute Gasteiger partial charge is 0.227 e. The number of hydrogen-bond donors (Lipinski definition) is 3. The van der Waals surface area contributed by atoms with E-state index in [-0.39, 0.29) is 5.95 Å². The summed E-state index contributed by atoms with van der Waals surface area (Å²) < 4.78 is 0. The predicted octanol–water partition coefficient (Wildman–Crippen LogP) is -1.01. The molecule has 2 aromatic rings. The summed E-state index contributed by atoms with van der Waals surface area (Å²) in [6.07, 6.45) is 1.65. The average Bonchev–Trinajstić information content (AvgIpc) is 2.39. The van der Waals surface area contributed by atoms with E-state index in [9.17, 15) is 0 Å². The molecular formula is C10H14N8. The van der Waals surface area contributed by atoms with Gasteiger partial charge in [-0.15, -0.1) is 0 Å². The van der Waals surface area contributed by atoms with E-state index in [1.54, 1.807) is 6.20 Å². The molecule has 5 N–H and O–H groups in total. The number of nitrogens with two attached hydrogens (primary N) is 2. The third-order valence-corrected chi connectivity index (χ3v) is 2.89. The number of anilines is 3. The van der Waals surface area contributed by atoms with Gasteiger partial charge in [0.25, 0.3) is 0 Å². The molecule has 1 fully saturated rings. The summed E-state index contributed by atoms with van der Waals surface area (Å²) in [5.41, 5.74) is 11.8. The summed E-state index contributed by atoms with van der Waals surface area (Å²) in [6, 6.07) is 0. The Balaban J connectivity index is 2.04. The van der Waals surface area contributed by atoms with Gasteiger partial charge < -0.3 is 21.7 Å². The van der Waals surface area contributed by atoms with Crippen LogP contribution in [0.3, 0.4) is 0 Å². The molecular weight excluding hydrogens is 232 g/mol. The number of fused-ring (bicyclic) bond motifs is 1. The minimum atomic E-state index is 0.130. The van der Waals surface area contributed by atoms with Crippen LogP contribution in [0.15, 0.2) is 6.20 Å². The van der Waals surface area contributed by atoms with Crippen LogP contribution in [0.1, 0.15) is 0 Å². The molecule has 1 saturated heterocycles. The van der Waals surface area contributed by atoms with Crippen LogP contribution >= 0.6 is 0 Å². The van der Waals surface area contributed by atoms with Crippen LogP contribution in [0.2, 0.25) is 0 Å². The summed E-state index contributed by atoms with van der Waals surface area (Å²) in [4.78, 5) is 18.8. The van der Waals surface area contributed by atoms with Crippen LogP contribution in [-0.4, -0.2) is 46.1 Å². The molecule has 0 radical (unpaired) electrons. The zero-order valence-electron chi connectivity index (χ0n) is 9.80. The van der Waals surface area contributed by atoms with Crippen molar-refractivity contribution in [2.45, 2.75) is 0 Å². The molecule has 0 bridgehead atoms. The second-order valence-electron chi connectivity index (χ2n) is 4.11. The van der Waals surface area contributed by atoms with E-state index >= 15 is 0 Å². The standard InChI is InChI=1S/C10H14N8/c11-7-6-5-14-10(18-3-1-13-2-4-18)17-8(6)16-9(12)15-7/h5,13H,1-4H2,(H4,11,12,14,15,16,17). The van der Waals surface area contributed by atoms with Crippen molar-refractivity contribution in [1.29, 1.82) is 0 Å². The molecule has 1 aliphatic heterocycles. The summed E-state index contributed by atoms with van der Waals surface area (Å²) in [7, 11) is 0. The molecule has 8 nitrogen and oxygen atoms in total. The maximum absolute atomic E-state index is 5.75. The summed E-state index contributed by atoms with van der Waals surface area (Å²) >= 11 is 0. The molecule has 3 heterocycles. The largest absolute Gasteiger partial charge is 0.383 e. The van der Waals surface area contributed by atoms with E-state index in [4.69, 9.17) is 11.5 Å². The molecule has 0 unspecified atom stereocenters. The van der Waals surface area contributed by atoms with Crippen LogP contribution in [0.25, 0.3) is 11.0 Å². The number of nitrogen functional groups attached to an aromatic ring is 2. The van der Waals surface area contributed by atoms with Gasteiger partial charge in [-0.25, -0.2) is 4.98 Å². The van der Waals surface area contributed by atoms with Gasteiger partial charge in [0.05, 0.1) is 5.39 Å². The zero-order chi connectivity index (χ0) is 12.5. The highest BCUT2D eigenvalue weighted by Crippen LogP contribution is 2.18. The summed E-state index contributed by atoms with van der Waals surface area (Å²) in [5, 5.41) is 3.90. The number of piperazine rings is 1. The predicted molar refractivity (Wildman–Crippen MR) is 69.0 cm³/mol. The monoisotopic (exact) mass is 246 g/mol. The van der Waals surface area contributed by atoms with Crippen LogP contribution < -0.4 is 21.7 Å². The molecule has 0 saturated carbocycles. The Morgan fingerprint density at radius 3 is 2.67 bits per heavy atom. The van der Waals surface area contributed by atoms with Crippen molar-refractivity contribution in [2.75, 3.05) is 42.5 Å². The Bertz CT molecular complexity index is 577. The molecule has 3 rings (SSSR count). The number of hydrogen-bond acceptors (Lipinski definition) is 8. The van der Waals surface area contributed by atoms with Gasteiger partial charge in [-0.1, -0.05) is 0 Å². The molecule has 0 atom stereocenters. The zero-order valence-corrected chi connectivity index (χ0v) is 9.80. The van der Waals surface area contributed by atoms with Crippen molar-refractivity contribution in [3.8, 4) is 0 Å². The molecule has 2 aromatic heterocycles. The van der Waals surface area contributed by atoms with Gasteiger partial charge in [0.15, 0.2) is 5.65 Å². The fourth-order valence-electron chi connectivity index (χ4n) is 1.96. The molecule has 18 heavy (non-hydrogen) atoms. The van der Waals surface area contributed by atoms with Crippen molar-refractivity contribution in [3.05, 3.63) is 6.20 Å². The first-order valence-corrected chi connectivity index (χ1v) is 5.75. The van der Waals surface area contributed by atoms with E-state index in [2.05, 4.69) is 30.2 Å². The topological polar surface area (TPSA) is 119 Å². The Morgan fingerprint density at radius 2 is 1.89 bits per heavy atom. The quantitative estimate of drug-likeness (QED) is 0.586. The normalized spacial score (nSPS) is 16.1. The molecule has 0 spiro atoms. The van der Waals surface area contributed by atoms with Crippen molar-refractivity contribution < 1.29 is 0 Å².